The molecule has 0 radical (unpaired) electrons. The lowest BCUT2D eigenvalue weighted by Gasteiger charge is -2.09. The molecule has 2 aromatic carbocycles. The van der Waals surface area contributed by atoms with Crippen molar-refractivity contribution in [3.8, 4) is 34.3 Å². The SMILES string of the molecule is CCCOc1ccc(-c2ncnc(-c3cc(C)cc(C)c3)n2)c(O)c1. The van der Waals surface area contributed by atoms with E-state index in [-0.39, 0.29) is 5.75 Å². The normalized spacial score (nSPS) is 10.7. The van der Waals surface area contributed by atoms with Gasteiger partial charge < -0.3 is 9.84 Å². The van der Waals surface area contributed by atoms with Crippen LogP contribution in [0.25, 0.3) is 22.8 Å². The molecule has 3 rings (SSSR count). The van der Waals surface area contributed by atoms with Crippen molar-refractivity contribution in [3.63, 3.8) is 0 Å². The van der Waals surface area contributed by atoms with Crippen LogP contribution >= 0.6 is 0 Å². The van der Waals surface area contributed by atoms with Gasteiger partial charge in [0, 0.05) is 11.6 Å². The number of aromatic nitrogens is 3. The minimum Gasteiger partial charge on any atom is -0.507 e. The topological polar surface area (TPSA) is 68.1 Å². The molecule has 0 spiro atoms. The molecule has 0 amide bonds. The average molecular weight is 335 g/mol. The number of aromatic hydroxyl groups is 1. The lowest BCUT2D eigenvalue weighted by Crippen LogP contribution is -1.97. The Bertz CT molecular complexity index is 874. The van der Waals surface area contributed by atoms with Crippen molar-refractivity contribution in [3.05, 3.63) is 53.9 Å². The van der Waals surface area contributed by atoms with Gasteiger partial charge in [0.25, 0.3) is 0 Å². The fraction of sp³-hybridized carbons (Fsp3) is 0.250. The van der Waals surface area contributed by atoms with E-state index >= 15 is 0 Å². The molecule has 0 aliphatic rings. The van der Waals surface area contributed by atoms with Crippen molar-refractivity contribution in [2.24, 2.45) is 0 Å². The quantitative estimate of drug-likeness (QED) is 0.752. The van der Waals surface area contributed by atoms with Crippen molar-refractivity contribution in [1.29, 1.82) is 0 Å². The van der Waals surface area contributed by atoms with Gasteiger partial charge in [-0.15, -0.1) is 0 Å². The summed E-state index contributed by atoms with van der Waals surface area (Å²) in [5.74, 6) is 1.74. The van der Waals surface area contributed by atoms with Crippen LogP contribution in [0.5, 0.6) is 11.5 Å². The predicted octanol–water partition coefficient (Wildman–Crippen LogP) is 4.32. The number of nitrogens with zero attached hydrogens (tertiary/aromatic N) is 3. The Labute approximate surface area is 147 Å². The Morgan fingerprint density at radius 3 is 2.36 bits per heavy atom. The van der Waals surface area contributed by atoms with E-state index in [0.29, 0.717) is 29.6 Å². The second-order valence-corrected chi connectivity index (χ2v) is 6.04. The molecule has 0 aliphatic heterocycles. The van der Waals surface area contributed by atoms with Crippen LogP contribution in [0.3, 0.4) is 0 Å². The largest absolute Gasteiger partial charge is 0.507 e. The summed E-state index contributed by atoms with van der Waals surface area (Å²) in [6.45, 7) is 6.73. The van der Waals surface area contributed by atoms with Crippen LogP contribution in [0, 0.1) is 13.8 Å². The number of benzene rings is 2. The molecule has 128 valence electrons. The summed E-state index contributed by atoms with van der Waals surface area (Å²) >= 11 is 0. The molecule has 3 aromatic rings. The highest BCUT2D eigenvalue weighted by Crippen LogP contribution is 2.31. The summed E-state index contributed by atoms with van der Waals surface area (Å²) in [4.78, 5) is 13.0. The highest BCUT2D eigenvalue weighted by molar-refractivity contribution is 5.67. The molecule has 0 aliphatic carbocycles. The zero-order chi connectivity index (χ0) is 17.8. The molecule has 0 bridgehead atoms. The van der Waals surface area contributed by atoms with E-state index in [1.54, 1.807) is 12.1 Å². The third-order valence-corrected chi connectivity index (χ3v) is 3.73. The van der Waals surface area contributed by atoms with Gasteiger partial charge in [0.15, 0.2) is 11.6 Å². The number of phenols is 1. The van der Waals surface area contributed by atoms with Crippen molar-refractivity contribution in [2.45, 2.75) is 27.2 Å². The highest BCUT2D eigenvalue weighted by Gasteiger charge is 2.11. The molecule has 5 nitrogen and oxygen atoms in total. The number of ether oxygens (including phenoxy) is 1. The summed E-state index contributed by atoms with van der Waals surface area (Å²) in [5.41, 5.74) is 3.79. The van der Waals surface area contributed by atoms with E-state index in [1.807, 2.05) is 39.0 Å². The molecule has 1 heterocycles. The molecular weight excluding hydrogens is 314 g/mol. The van der Waals surface area contributed by atoms with Gasteiger partial charge >= 0.3 is 0 Å². The summed E-state index contributed by atoms with van der Waals surface area (Å²) in [6, 6.07) is 11.3. The maximum Gasteiger partial charge on any atom is 0.167 e. The van der Waals surface area contributed by atoms with Gasteiger partial charge in [-0.3, -0.25) is 0 Å². The Hall–Kier alpha value is -2.95. The van der Waals surface area contributed by atoms with Crippen molar-refractivity contribution in [1.82, 2.24) is 15.0 Å². The number of hydrogen-bond donors (Lipinski definition) is 1. The van der Waals surface area contributed by atoms with E-state index in [9.17, 15) is 5.11 Å². The zero-order valence-electron chi connectivity index (χ0n) is 14.7. The first kappa shape index (κ1) is 16.9. The third kappa shape index (κ3) is 3.94. The molecule has 5 heteroatoms. The standard InChI is InChI=1S/C20H21N3O2/c1-4-7-25-16-5-6-17(18(24)11-16)20-22-12-21-19(23-20)15-9-13(2)8-14(3)10-15/h5-6,8-12,24H,4,7H2,1-3H3. The molecule has 25 heavy (non-hydrogen) atoms. The van der Waals surface area contributed by atoms with Gasteiger partial charge in [0.2, 0.25) is 0 Å². The Morgan fingerprint density at radius 2 is 1.68 bits per heavy atom. The van der Waals surface area contributed by atoms with Crippen LogP contribution in [0.15, 0.2) is 42.7 Å². The second kappa shape index (κ2) is 7.30. The minimum absolute atomic E-state index is 0.0891. The minimum atomic E-state index is 0.0891. The van der Waals surface area contributed by atoms with Gasteiger partial charge in [0.05, 0.1) is 12.2 Å². The first-order valence-electron chi connectivity index (χ1n) is 8.30. The fourth-order valence-corrected chi connectivity index (χ4v) is 2.68. The molecule has 1 aromatic heterocycles. The van der Waals surface area contributed by atoms with E-state index in [1.165, 1.54) is 6.33 Å². The van der Waals surface area contributed by atoms with E-state index in [4.69, 9.17) is 4.74 Å². The summed E-state index contributed by atoms with van der Waals surface area (Å²) in [5, 5.41) is 10.3. The van der Waals surface area contributed by atoms with Gasteiger partial charge in [-0.1, -0.05) is 24.1 Å². The molecule has 0 fully saturated rings. The van der Waals surface area contributed by atoms with Gasteiger partial charge in [-0.25, -0.2) is 15.0 Å². The van der Waals surface area contributed by atoms with Crippen LogP contribution < -0.4 is 4.74 Å². The van der Waals surface area contributed by atoms with Crippen molar-refractivity contribution < 1.29 is 9.84 Å². The lowest BCUT2D eigenvalue weighted by molar-refractivity contribution is 0.315. The molecule has 0 saturated carbocycles. The first-order chi connectivity index (χ1) is 12.1. The molecular formula is C20H21N3O2. The fourth-order valence-electron chi connectivity index (χ4n) is 2.68. The Kier molecular flexibility index (Phi) is 4.93. The van der Waals surface area contributed by atoms with Crippen LogP contribution in [-0.4, -0.2) is 26.7 Å². The Balaban J connectivity index is 1.96. The average Bonchev–Trinajstić information content (AvgIpc) is 2.59. The summed E-state index contributed by atoms with van der Waals surface area (Å²) in [6.07, 6.45) is 2.38. The zero-order valence-corrected chi connectivity index (χ0v) is 14.7. The lowest BCUT2D eigenvalue weighted by atomic mass is 10.1. The van der Waals surface area contributed by atoms with E-state index in [2.05, 4.69) is 21.0 Å². The van der Waals surface area contributed by atoms with Crippen LogP contribution in [0.1, 0.15) is 24.5 Å². The third-order valence-electron chi connectivity index (χ3n) is 3.73. The van der Waals surface area contributed by atoms with Crippen LogP contribution in [-0.2, 0) is 0 Å². The molecule has 0 unspecified atom stereocenters. The highest BCUT2D eigenvalue weighted by atomic mass is 16.5. The van der Waals surface area contributed by atoms with Gasteiger partial charge in [-0.05, 0) is 44.5 Å². The number of hydrogen-bond acceptors (Lipinski definition) is 5. The van der Waals surface area contributed by atoms with E-state index < -0.39 is 0 Å². The maximum atomic E-state index is 10.3. The molecule has 0 atom stereocenters. The number of aryl methyl sites for hydroxylation is 2. The summed E-state index contributed by atoms with van der Waals surface area (Å²) in [7, 11) is 0. The summed E-state index contributed by atoms with van der Waals surface area (Å²) < 4.78 is 5.53. The van der Waals surface area contributed by atoms with Crippen molar-refractivity contribution >= 4 is 0 Å². The smallest absolute Gasteiger partial charge is 0.167 e. The molecule has 0 saturated heterocycles. The maximum absolute atomic E-state index is 10.3. The Morgan fingerprint density at radius 1 is 0.960 bits per heavy atom. The monoisotopic (exact) mass is 335 g/mol. The second-order valence-electron chi connectivity index (χ2n) is 6.04. The number of phenolic OH excluding ortho intramolecular Hbond substituents is 1. The van der Waals surface area contributed by atoms with Crippen LogP contribution in [0.2, 0.25) is 0 Å². The van der Waals surface area contributed by atoms with Gasteiger partial charge in [-0.2, -0.15) is 0 Å². The first-order valence-corrected chi connectivity index (χ1v) is 8.30. The van der Waals surface area contributed by atoms with Gasteiger partial charge in [0.1, 0.15) is 17.8 Å². The number of rotatable bonds is 5. The van der Waals surface area contributed by atoms with Crippen molar-refractivity contribution in [2.75, 3.05) is 6.61 Å². The van der Waals surface area contributed by atoms with E-state index in [0.717, 1.165) is 23.1 Å². The predicted molar refractivity (Wildman–Crippen MR) is 97.6 cm³/mol. The molecule has 1 N–H and O–H groups in total. The van der Waals surface area contributed by atoms with Crippen LogP contribution in [0.4, 0.5) is 0 Å².